The molecule has 1 atom stereocenters. The van der Waals surface area contributed by atoms with Crippen molar-refractivity contribution in [2.24, 2.45) is 0 Å². The Kier molecular flexibility index (Phi) is 6.59. The van der Waals surface area contributed by atoms with Gasteiger partial charge in [0, 0.05) is 25.4 Å². The summed E-state index contributed by atoms with van der Waals surface area (Å²) in [6, 6.07) is 14.5. The second-order valence-corrected chi connectivity index (χ2v) is 8.76. The minimum atomic E-state index is -3.39. The molecule has 2 aromatic rings. The molecule has 0 saturated heterocycles. The van der Waals surface area contributed by atoms with Gasteiger partial charge in [0.15, 0.2) is 0 Å². The maximum Gasteiger partial charge on any atom is 0.264 e. The van der Waals surface area contributed by atoms with Crippen molar-refractivity contribution in [1.82, 2.24) is 4.90 Å². The SMILES string of the molecule is COc1ccc(C2CN(C)Cc3cc(OCCCOS(C)(=O)=O)ccc32)cc1. The molecule has 152 valence electrons. The number of likely N-dealkylation sites (N-methyl/N-ethyl adjacent to an activating group) is 1. The molecule has 0 N–H and O–H groups in total. The number of benzene rings is 2. The van der Waals surface area contributed by atoms with Gasteiger partial charge >= 0.3 is 0 Å². The third-order valence-electron chi connectivity index (χ3n) is 4.80. The molecule has 2 aromatic carbocycles. The van der Waals surface area contributed by atoms with Crippen LogP contribution >= 0.6 is 0 Å². The lowest BCUT2D eigenvalue weighted by Crippen LogP contribution is -2.31. The van der Waals surface area contributed by atoms with Gasteiger partial charge in [-0.2, -0.15) is 8.42 Å². The zero-order valence-electron chi connectivity index (χ0n) is 16.6. The van der Waals surface area contributed by atoms with Gasteiger partial charge in [0.2, 0.25) is 0 Å². The van der Waals surface area contributed by atoms with Crippen LogP contribution in [0.4, 0.5) is 0 Å². The molecule has 3 rings (SSSR count). The summed E-state index contributed by atoms with van der Waals surface area (Å²) in [6.45, 7) is 2.37. The van der Waals surface area contributed by atoms with E-state index in [0.717, 1.165) is 30.8 Å². The third kappa shape index (κ3) is 5.47. The Bertz CT molecular complexity index is 896. The van der Waals surface area contributed by atoms with E-state index in [4.69, 9.17) is 13.7 Å². The predicted molar refractivity (Wildman–Crippen MR) is 109 cm³/mol. The summed E-state index contributed by atoms with van der Waals surface area (Å²) in [5.41, 5.74) is 3.83. The van der Waals surface area contributed by atoms with Gasteiger partial charge in [-0.25, -0.2) is 0 Å². The fourth-order valence-electron chi connectivity index (χ4n) is 3.49. The van der Waals surface area contributed by atoms with Crippen LogP contribution in [-0.4, -0.2) is 53.5 Å². The Morgan fingerprint density at radius 1 is 1.07 bits per heavy atom. The Morgan fingerprint density at radius 2 is 1.79 bits per heavy atom. The van der Waals surface area contributed by atoms with Crippen LogP contribution in [-0.2, 0) is 20.8 Å². The maximum atomic E-state index is 11.0. The zero-order chi connectivity index (χ0) is 20.1. The van der Waals surface area contributed by atoms with Crippen molar-refractivity contribution in [2.75, 3.05) is 40.2 Å². The van der Waals surface area contributed by atoms with Crippen LogP contribution in [0.25, 0.3) is 0 Å². The number of hydrogen-bond donors (Lipinski definition) is 0. The third-order valence-corrected chi connectivity index (χ3v) is 5.39. The first kappa shape index (κ1) is 20.6. The molecule has 0 amide bonds. The second-order valence-electron chi connectivity index (χ2n) is 7.11. The van der Waals surface area contributed by atoms with Gasteiger partial charge in [-0.15, -0.1) is 0 Å². The summed E-state index contributed by atoms with van der Waals surface area (Å²) in [5, 5.41) is 0. The Balaban J connectivity index is 1.68. The number of ether oxygens (including phenoxy) is 2. The highest BCUT2D eigenvalue weighted by Crippen LogP contribution is 2.35. The van der Waals surface area contributed by atoms with Crippen LogP contribution in [0, 0.1) is 0 Å². The van der Waals surface area contributed by atoms with Crippen molar-refractivity contribution in [2.45, 2.75) is 18.9 Å². The molecule has 1 aliphatic rings. The van der Waals surface area contributed by atoms with Gasteiger partial charge in [0.1, 0.15) is 11.5 Å². The van der Waals surface area contributed by atoms with Crippen LogP contribution in [0.1, 0.15) is 29.0 Å². The van der Waals surface area contributed by atoms with Crippen molar-refractivity contribution >= 4 is 10.1 Å². The van der Waals surface area contributed by atoms with Crippen LogP contribution in [0.15, 0.2) is 42.5 Å². The Morgan fingerprint density at radius 3 is 2.46 bits per heavy atom. The molecule has 0 saturated carbocycles. The fourth-order valence-corrected chi connectivity index (χ4v) is 3.92. The molecule has 1 aliphatic heterocycles. The van der Waals surface area contributed by atoms with Gasteiger partial charge < -0.3 is 14.4 Å². The van der Waals surface area contributed by atoms with E-state index in [1.54, 1.807) is 7.11 Å². The van der Waals surface area contributed by atoms with Gasteiger partial charge in [-0.05, 0) is 48.0 Å². The van der Waals surface area contributed by atoms with E-state index in [-0.39, 0.29) is 6.61 Å². The van der Waals surface area contributed by atoms with Gasteiger partial charge in [-0.3, -0.25) is 4.18 Å². The fraction of sp³-hybridized carbons (Fsp3) is 0.429. The number of rotatable bonds is 8. The lowest BCUT2D eigenvalue weighted by molar-refractivity contribution is 0.250. The lowest BCUT2D eigenvalue weighted by atomic mass is 9.84. The average molecular weight is 406 g/mol. The molecule has 28 heavy (non-hydrogen) atoms. The standard InChI is InChI=1S/C21H27NO5S/c1-22-14-17-13-19(26-11-4-12-27-28(3,23)24)9-10-20(17)21(15-22)16-5-7-18(25-2)8-6-16/h5-10,13,21H,4,11-12,14-15H2,1-3H3. The van der Waals surface area contributed by atoms with E-state index in [9.17, 15) is 8.42 Å². The smallest absolute Gasteiger partial charge is 0.264 e. The summed E-state index contributed by atoms with van der Waals surface area (Å²) in [6.07, 6.45) is 1.56. The molecule has 0 fully saturated rings. The predicted octanol–water partition coefficient (Wildman–Crippen LogP) is 3.02. The number of methoxy groups -OCH3 is 1. The molecule has 7 heteroatoms. The van der Waals surface area contributed by atoms with E-state index in [2.05, 4.69) is 36.2 Å². The maximum absolute atomic E-state index is 11.0. The topological polar surface area (TPSA) is 65.1 Å². The van der Waals surface area contributed by atoms with E-state index in [0.29, 0.717) is 18.9 Å². The van der Waals surface area contributed by atoms with Crippen LogP contribution < -0.4 is 9.47 Å². The average Bonchev–Trinajstić information content (AvgIpc) is 2.66. The van der Waals surface area contributed by atoms with Gasteiger partial charge in [0.05, 0.1) is 26.6 Å². The van der Waals surface area contributed by atoms with E-state index in [1.165, 1.54) is 16.7 Å². The minimum absolute atomic E-state index is 0.131. The zero-order valence-corrected chi connectivity index (χ0v) is 17.4. The number of hydrogen-bond acceptors (Lipinski definition) is 6. The number of nitrogens with zero attached hydrogens (tertiary/aromatic N) is 1. The summed E-state index contributed by atoms with van der Waals surface area (Å²) in [7, 11) is 0.401. The van der Waals surface area contributed by atoms with Gasteiger partial charge in [-0.1, -0.05) is 18.2 Å². The van der Waals surface area contributed by atoms with Crippen molar-refractivity contribution in [3.8, 4) is 11.5 Å². The molecule has 6 nitrogen and oxygen atoms in total. The monoisotopic (exact) mass is 405 g/mol. The molecule has 0 radical (unpaired) electrons. The second kappa shape index (κ2) is 8.94. The van der Waals surface area contributed by atoms with Crippen molar-refractivity contribution < 1.29 is 22.1 Å². The first-order valence-electron chi connectivity index (χ1n) is 9.28. The largest absolute Gasteiger partial charge is 0.497 e. The lowest BCUT2D eigenvalue weighted by Gasteiger charge is -2.33. The highest BCUT2D eigenvalue weighted by Gasteiger charge is 2.25. The van der Waals surface area contributed by atoms with Crippen LogP contribution in [0.3, 0.4) is 0 Å². The molecule has 0 bridgehead atoms. The van der Waals surface area contributed by atoms with E-state index in [1.807, 2.05) is 18.2 Å². The number of fused-ring (bicyclic) bond motifs is 1. The quantitative estimate of drug-likeness (QED) is 0.497. The van der Waals surface area contributed by atoms with Crippen molar-refractivity contribution in [1.29, 1.82) is 0 Å². The summed E-state index contributed by atoms with van der Waals surface area (Å²) in [4.78, 5) is 2.31. The highest BCUT2D eigenvalue weighted by atomic mass is 32.2. The summed E-state index contributed by atoms with van der Waals surface area (Å²) < 4.78 is 37.7. The highest BCUT2D eigenvalue weighted by molar-refractivity contribution is 7.85. The molecule has 1 unspecified atom stereocenters. The normalized spacial score (nSPS) is 17.2. The minimum Gasteiger partial charge on any atom is -0.497 e. The van der Waals surface area contributed by atoms with Crippen molar-refractivity contribution in [3.05, 3.63) is 59.2 Å². The van der Waals surface area contributed by atoms with Crippen LogP contribution in [0.2, 0.25) is 0 Å². The molecular weight excluding hydrogens is 378 g/mol. The van der Waals surface area contributed by atoms with Gasteiger partial charge in [0.25, 0.3) is 10.1 Å². The molecule has 1 heterocycles. The van der Waals surface area contributed by atoms with E-state index < -0.39 is 10.1 Å². The summed E-state index contributed by atoms with van der Waals surface area (Å²) in [5.74, 6) is 1.95. The van der Waals surface area contributed by atoms with Crippen LogP contribution in [0.5, 0.6) is 11.5 Å². The van der Waals surface area contributed by atoms with E-state index >= 15 is 0 Å². The first-order chi connectivity index (χ1) is 13.4. The van der Waals surface area contributed by atoms with Crippen molar-refractivity contribution in [3.63, 3.8) is 0 Å². The summed E-state index contributed by atoms with van der Waals surface area (Å²) >= 11 is 0. The molecule has 0 spiro atoms. The Labute approximate surface area is 167 Å². The molecule has 0 aromatic heterocycles. The Hall–Kier alpha value is -2.09. The first-order valence-corrected chi connectivity index (χ1v) is 11.1. The molecule has 0 aliphatic carbocycles. The molecular formula is C21H27NO5S.